The van der Waals surface area contributed by atoms with Crippen molar-refractivity contribution in [1.29, 1.82) is 0 Å². The molecular weight excluding hydrogens is 328 g/mol. The van der Waals surface area contributed by atoms with Crippen molar-refractivity contribution in [3.63, 3.8) is 0 Å². The van der Waals surface area contributed by atoms with Crippen molar-refractivity contribution in [1.82, 2.24) is 9.78 Å². The summed E-state index contributed by atoms with van der Waals surface area (Å²) in [4.78, 5) is 24.8. The third-order valence-electron chi connectivity index (χ3n) is 4.52. The molecule has 4 rings (SSSR count). The number of anilines is 2. The van der Waals surface area contributed by atoms with Crippen LogP contribution < -0.4 is 10.6 Å². The number of aryl methyl sites for hydroxylation is 1. The standard InChI is InChI=1S/C20H18N4O2/c1-13-7-5-6-10-16(13)22-18(25)11-17-20(26)23-19-15(12-21-24(17)19)14-8-3-2-4-9-14/h2-10,12,17H,11H2,1H3,(H,22,25)(H,23,26)/t17-/m1/s1. The number of carbonyl (C=O) groups excluding carboxylic acids is 2. The number of hydrogen-bond acceptors (Lipinski definition) is 3. The second kappa shape index (κ2) is 6.48. The first-order valence-corrected chi connectivity index (χ1v) is 8.43. The van der Waals surface area contributed by atoms with E-state index in [9.17, 15) is 9.59 Å². The maximum absolute atomic E-state index is 12.4. The van der Waals surface area contributed by atoms with Crippen molar-refractivity contribution >= 4 is 23.3 Å². The fourth-order valence-corrected chi connectivity index (χ4v) is 3.13. The maximum Gasteiger partial charge on any atom is 0.251 e. The molecule has 6 heteroatoms. The molecule has 1 atom stereocenters. The van der Waals surface area contributed by atoms with Crippen molar-refractivity contribution in [2.45, 2.75) is 19.4 Å². The third kappa shape index (κ3) is 2.86. The predicted octanol–water partition coefficient (Wildman–Crippen LogP) is 3.38. The monoisotopic (exact) mass is 346 g/mol. The first-order valence-electron chi connectivity index (χ1n) is 8.43. The summed E-state index contributed by atoms with van der Waals surface area (Å²) in [6.45, 7) is 1.93. The highest BCUT2D eigenvalue weighted by Crippen LogP contribution is 2.35. The van der Waals surface area contributed by atoms with Crippen LogP contribution in [0.2, 0.25) is 0 Å². The van der Waals surface area contributed by atoms with Crippen LogP contribution in [0, 0.1) is 6.92 Å². The minimum atomic E-state index is -0.647. The quantitative estimate of drug-likeness (QED) is 0.760. The topological polar surface area (TPSA) is 76.0 Å². The smallest absolute Gasteiger partial charge is 0.251 e. The Morgan fingerprint density at radius 1 is 1.15 bits per heavy atom. The van der Waals surface area contributed by atoms with Crippen molar-refractivity contribution < 1.29 is 9.59 Å². The zero-order chi connectivity index (χ0) is 18.1. The number of benzene rings is 2. The summed E-state index contributed by atoms with van der Waals surface area (Å²) in [7, 11) is 0. The minimum absolute atomic E-state index is 0.0308. The summed E-state index contributed by atoms with van der Waals surface area (Å²) >= 11 is 0. The van der Waals surface area contributed by atoms with Gasteiger partial charge in [0.25, 0.3) is 5.91 Å². The Labute approximate surface area is 150 Å². The molecule has 130 valence electrons. The Balaban J connectivity index is 1.55. The summed E-state index contributed by atoms with van der Waals surface area (Å²) in [6.07, 6.45) is 1.75. The maximum atomic E-state index is 12.4. The Bertz CT molecular complexity index is 978. The van der Waals surface area contributed by atoms with E-state index in [1.807, 2.05) is 61.5 Å². The molecule has 0 saturated heterocycles. The first kappa shape index (κ1) is 16.1. The van der Waals surface area contributed by atoms with Gasteiger partial charge in [-0.3, -0.25) is 9.59 Å². The number of rotatable bonds is 4. The molecule has 2 N–H and O–H groups in total. The Hall–Kier alpha value is -3.41. The van der Waals surface area contributed by atoms with Gasteiger partial charge in [0.05, 0.1) is 12.6 Å². The molecule has 0 spiro atoms. The van der Waals surface area contributed by atoms with Crippen molar-refractivity contribution in [2.75, 3.05) is 10.6 Å². The van der Waals surface area contributed by atoms with E-state index in [2.05, 4.69) is 15.7 Å². The summed E-state index contributed by atoms with van der Waals surface area (Å²) in [5, 5.41) is 10.1. The zero-order valence-electron chi connectivity index (χ0n) is 14.3. The van der Waals surface area contributed by atoms with Gasteiger partial charge in [-0.1, -0.05) is 48.5 Å². The van der Waals surface area contributed by atoms with E-state index in [-0.39, 0.29) is 18.2 Å². The largest absolute Gasteiger partial charge is 0.326 e. The summed E-state index contributed by atoms with van der Waals surface area (Å²) in [6, 6.07) is 16.6. The highest BCUT2D eigenvalue weighted by molar-refractivity contribution is 6.04. The van der Waals surface area contributed by atoms with Gasteiger partial charge in [0.15, 0.2) is 0 Å². The molecular formula is C20H18N4O2. The van der Waals surface area contributed by atoms with Crippen LogP contribution >= 0.6 is 0 Å². The van der Waals surface area contributed by atoms with Crippen LogP contribution in [0.3, 0.4) is 0 Å². The fraction of sp³-hybridized carbons (Fsp3) is 0.150. The normalized spacial score (nSPS) is 15.4. The van der Waals surface area contributed by atoms with Gasteiger partial charge in [-0.05, 0) is 24.1 Å². The predicted molar refractivity (Wildman–Crippen MR) is 99.8 cm³/mol. The number of hydrogen-bond donors (Lipinski definition) is 2. The van der Waals surface area contributed by atoms with Crippen molar-refractivity contribution in [3.8, 4) is 11.1 Å². The summed E-state index contributed by atoms with van der Waals surface area (Å²) in [5.74, 6) is 0.198. The number of nitrogens with zero attached hydrogens (tertiary/aromatic N) is 2. The lowest BCUT2D eigenvalue weighted by Gasteiger charge is -2.11. The summed E-state index contributed by atoms with van der Waals surface area (Å²) < 4.78 is 1.60. The lowest BCUT2D eigenvalue weighted by atomic mass is 10.1. The van der Waals surface area contributed by atoms with E-state index in [1.165, 1.54) is 0 Å². The van der Waals surface area contributed by atoms with Gasteiger partial charge in [-0.25, -0.2) is 4.68 Å². The number of carbonyl (C=O) groups is 2. The van der Waals surface area contributed by atoms with E-state index in [0.29, 0.717) is 5.82 Å². The fourth-order valence-electron chi connectivity index (χ4n) is 3.13. The van der Waals surface area contributed by atoms with Gasteiger partial charge in [0, 0.05) is 11.3 Å². The van der Waals surface area contributed by atoms with E-state index in [0.717, 1.165) is 22.4 Å². The molecule has 0 fully saturated rings. The molecule has 6 nitrogen and oxygen atoms in total. The van der Waals surface area contributed by atoms with Crippen LogP contribution in [-0.2, 0) is 9.59 Å². The molecule has 2 aromatic carbocycles. The number of nitrogens with one attached hydrogen (secondary N) is 2. The molecule has 1 aliphatic heterocycles. The summed E-state index contributed by atoms with van der Waals surface area (Å²) in [5.41, 5.74) is 3.55. The molecule has 0 aliphatic carbocycles. The van der Waals surface area contributed by atoms with E-state index < -0.39 is 6.04 Å². The van der Waals surface area contributed by atoms with Gasteiger partial charge < -0.3 is 10.6 Å². The van der Waals surface area contributed by atoms with Gasteiger partial charge in [-0.15, -0.1) is 0 Å². The number of amides is 2. The first-order chi connectivity index (χ1) is 12.6. The Kier molecular flexibility index (Phi) is 4.01. The van der Waals surface area contributed by atoms with E-state index in [4.69, 9.17) is 0 Å². The molecule has 1 aliphatic rings. The molecule has 0 radical (unpaired) electrons. The van der Waals surface area contributed by atoms with Crippen LogP contribution in [0.5, 0.6) is 0 Å². The van der Waals surface area contributed by atoms with Crippen molar-refractivity contribution in [3.05, 3.63) is 66.4 Å². The van der Waals surface area contributed by atoms with Gasteiger partial charge in [-0.2, -0.15) is 5.10 Å². The average Bonchev–Trinajstić information content (AvgIpc) is 3.18. The Morgan fingerprint density at radius 3 is 2.65 bits per heavy atom. The van der Waals surface area contributed by atoms with E-state index in [1.54, 1.807) is 10.9 Å². The Morgan fingerprint density at radius 2 is 1.88 bits per heavy atom. The molecule has 2 amide bonds. The lowest BCUT2D eigenvalue weighted by molar-refractivity contribution is -0.123. The molecule has 0 unspecified atom stereocenters. The van der Waals surface area contributed by atoms with Crippen LogP contribution in [0.1, 0.15) is 18.0 Å². The minimum Gasteiger partial charge on any atom is -0.326 e. The molecule has 0 bridgehead atoms. The lowest BCUT2D eigenvalue weighted by Crippen LogP contribution is -2.23. The SMILES string of the molecule is Cc1ccccc1NC(=O)C[C@@H]1C(=O)Nc2c(-c3ccccc3)cnn21. The average molecular weight is 346 g/mol. The zero-order valence-corrected chi connectivity index (χ0v) is 14.3. The molecule has 1 aromatic heterocycles. The van der Waals surface area contributed by atoms with E-state index >= 15 is 0 Å². The number of aromatic nitrogens is 2. The van der Waals surface area contributed by atoms with Gasteiger partial charge in [0.1, 0.15) is 11.9 Å². The highest BCUT2D eigenvalue weighted by Gasteiger charge is 2.35. The third-order valence-corrected chi connectivity index (χ3v) is 4.52. The second-order valence-electron chi connectivity index (χ2n) is 6.29. The molecule has 26 heavy (non-hydrogen) atoms. The van der Waals surface area contributed by atoms with Crippen LogP contribution in [0.15, 0.2) is 60.8 Å². The van der Waals surface area contributed by atoms with Crippen LogP contribution in [0.4, 0.5) is 11.5 Å². The highest BCUT2D eigenvalue weighted by atomic mass is 16.2. The van der Waals surface area contributed by atoms with Crippen LogP contribution in [-0.4, -0.2) is 21.6 Å². The number of para-hydroxylation sites is 1. The molecule has 0 saturated carbocycles. The molecule has 3 aromatic rings. The van der Waals surface area contributed by atoms with Crippen LogP contribution in [0.25, 0.3) is 11.1 Å². The number of fused-ring (bicyclic) bond motifs is 1. The molecule has 2 heterocycles. The van der Waals surface area contributed by atoms with Crippen molar-refractivity contribution in [2.24, 2.45) is 0 Å². The second-order valence-corrected chi connectivity index (χ2v) is 6.29. The van der Waals surface area contributed by atoms with Gasteiger partial charge >= 0.3 is 0 Å². The van der Waals surface area contributed by atoms with Gasteiger partial charge in [0.2, 0.25) is 5.91 Å².